The molecule has 2 unspecified atom stereocenters. The van der Waals surface area contributed by atoms with E-state index in [1.54, 1.807) is 14.0 Å². The number of hydrogen-bond donors (Lipinski definition) is 3. The molecule has 0 fully saturated rings. The zero-order valence-corrected chi connectivity index (χ0v) is 10.2. The number of nitrogens with one attached hydrogen (secondary N) is 2. The third-order valence-electron chi connectivity index (χ3n) is 2.26. The average Bonchev–Trinajstić information content (AvgIpc) is 2.27. The number of nitrogens with zero attached hydrogens (tertiary/aromatic N) is 1. The van der Waals surface area contributed by atoms with Crippen molar-refractivity contribution in [1.82, 2.24) is 14.9 Å². The molecule has 0 radical (unpaired) electrons. The molecule has 0 aromatic heterocycles. The molecule has 15 heavy (non-hydrogen) atoms. The van der Waals surface area contributed by atoms with Gasteiger partial charge in [0.1, 0.15) is 1.37 Å². The Labute approximate surface area is 97.5 Å². The van der Waals surface area contributed by atoms with Gasteiger partial charge in [-0.2, -0.15) is 0 Å². The van der Waals surface area contributed by atoms with Gasteiger partial charge in [0.2, 0.25) is 12.3 Å². The van der Waals surface area contributed by atoms with E-state index in [9.17, 15) is 9.59 Å². The Morgan fingerprint density at radius 1 is 1.73 bits per heavy atom. The second-order valence-electron chi connectivity index (χ2n) is 3.36. The highest BCUT2D eigenvalue weighted by atomic mass is 32.1. The first-order valence-electron chi connectivity index (χ1n) is 5.34. The van der Waals surface area contributed by atoms with Gasteiger partial charge in [0.05, 0.1) is 6.04 Å². The Morgan fingerprint density at radius 2 is 2.33 bits per heavy atom. The lowest BCUT2D eigenvalue weighted by Crippen LogP contribution is -2.45. The Bertz CT molecular complexity index is 253. The fourth-order valence-electron chi connectivity index (χ4n) is 1.06. The minimum Gasteiger partial charge on any atom is -0.353 e. The second kappa shape index (κ2) is 7.53. The van der Waals surface area contributed by atoms with Gasteiger partial charge in [0.25, 0.3) is 0 Å². The predicted octanol–water partition coefficient (Wildman–Crippen LogP) is -0.208. The van der Waals surface area contributed by atoms with Crippen LogP contribution < -0.4 is 10.0 Å². The van der Waals surface area contributed by atoms with Gasteiger partial charge in [-0.3, -0.25) is 14.3 Å². The quantitative estimate of drug-likeness (QED) is 0.440. The molecule has 0 aromatic carbocycles. The first kappa shape index (κ1) is 12.3. The molecule has 2 atom stereocenters. The van der Waals surface area contributed by atoms with Gasteiger partial charge in [-0.1, -0.05) is 19.7 Å². The Morgan fingerprint density at radius 3 is 2.73 bits per heavy atom. The van der Waals surface area contributed by atoms with Crippen LogP contribution in [0.4, 0.5) is 0 Å². The van der Waals surface area contributed by atoms with E-state index in [4.69, 9.17) is 1.37 Å². The molecular formula is C9H19N3O2S. The molecule has 0 aliphatic heterocycles. The maximum absolute atomic E-state index is 11.4. The summed E-state index contributed by atoms with van der Waals surface area (Å²) in [4.78, 5) is 23.6. The summed E-state index contributed by atoms with van der Waals surface area (Å²) < 4.78 is 9.50. The highest BCUT2D eigenvalue weighted by Crippen LogP contribution is 1.97. The zero-order chi connectivity index (χ0) is 12.7. The molecule has 88 valence electrons. The molecule has 0 aliphatic carbocycles. The van der Waals surface area contributed by atoms with Crippen molar-refractivity contribution >= 4 is 25.1 Å². The molecule has 0 rings (SSSR count). The minimum atomic E-state index is -0.749. The van der Waals surface area contributed by atoms with Crippen molar-refractivity contribution in [2.24, 2.45) is 0 Å². The van der Waals surface area contributed by atoms with Gasteiger partial charge in [-0.25, -0.2) is 0 Å². The number of rotatable bonds is 6. The Hall–Kier alpha value is -0.750. The van der Waals surface area contributed by atoms with Gasteiger partial charge < -0.3 is 10.2 Å². The minimum absolute atomic E-state index is 0.152. The molecule has 0 saturated carbocycles. The van der Waals surface area contributed by atoms with Crippen molar-refractivity contribution in [2.75, 3.05) is 13.6 Å². The summed E-state index contributed by atoms with van der Waals surface area (Å²) in [5.41, 5.74) is 0. The number of carbonyl (C=O) groups is 2. The molecule has 0 saturated heterocycles. The van der Waals surface area contributed by atoms with Crippen molar-refractivity contribution in [3.05, 3.63) is 0 Å². The van der Waals surface area contributed by atoms with Crippen LogP contribution in [0.5, 0.6) is 0 Å². The Balaban J connectivity index is 4.15. The van der Waals surface area contributed by atoms with Crippen LogP contribution in [0.15, 0.2) is 0 Å². The predicted molar refractivity (Wildman–Crippen MR) is 62.5 cm³/mol. The van der Waals surface area contributed by atoms with Gasteiger partial charge in [-0.15, -0.1) is 0 Å². The van der Waals surface area contributed by atoms with Crippen LogP contribution in [0.2, 0.25) is 0 Å². The lowest BCUT2D eigenvalue weighted by molar-refractivity contribution is -0.124. The highest BCUT2D eigenvalue weighted by Gasteiger charge is 2.15. The summed E-state index contributed by atoms with van der Waals surface area (Å²) in [5.74, 6) is -0.181. The number of likely N-dealkylation sites (N-methyl/N-ethyl adjacent to an activating group) is 1. The highest BCUT2D eigenvalue weighted by molar-refractivity contribution is 7.78. The van der Waals surface area contributed by atoms with Crippen LogP contribution in [-0.2, 0) is 9.59 Å². The SMILES string of the molecule is [2H]C(=O)N(C)C(CC)CNC(=O)C(C)NS. The maximum atomic E-state index is 11.4. The number of thiol groups is 1. The van der Waals surface area contributed by atoms with Gasteiger partial charge in [-0.05, 0) is 13.3 Å². The number of hydrogen-bond acceptors (Lipinski definition) is 4. The van der Waals surface area contributed by atoms with Crippen molar-refractivity contribution < 1.29 is 11.0 Å². The standard InChI is InChI=1S/C9H19N3O2S/c1-4-8(12(3)6-13)5-10-9(14)7(2)11-15/h6-8,11,15H,4-5H2,1-3H3,(H,10,14)/i6D. The van der Waals surface area contributed by atoms with Crippen LogP contribution in [-0.4, -0.2) is 42.9 Å². The summed E-state index contributed by atoms with van der Waals surface area (Å²) in [6.45, 7) is 3.93. The van der Waals surface area contributed by atoms with E-state index in [2.05, 4.69) is 22.9 Å². The van der Waals surface area contributed by atoms with Crippen LogP contribution in [0.1, 0.15) is 21.6 Å². The van der Waals surface area contributed by atoms with Gasteiger partial charge in [0, 0.05) is 19.6 Å². The molecule has 0 aromatic rings. The summed E-state index contributed by atoms with van der Waals surface area (Å²) >= 11 is 3.79. The molecule has 6 heteroatoms. The molecule has 0 heterocycles. The van der Waals surface area contributed by atoms with Crippen molar-refractivity contribution in [3.63, 3.8) is 0 Å². The van der Waals surface area contributed by atoms with Crippen LogP contribution in [0.3, 0.4) is 0 Å². The molecular weight excluding hydrogens is 214 g/mol. The second-order valence-corrected chi connectivity index (χ2v) is 3.62. The summed E-state index contributed by atoms with van der Waals surface area (Å²) in [7, 11) is 1.55. The fourth-order valence-corrected chi connectivity index (χ4v) is 1.18. The molecule has 2 amide bonds. The smallest absolute Gasteiger partial charge is 0.237 e. The summed E-state index contributed by atoms with van der Waals surface area (Å²) in [6, 6.07) is -0.543. The van der Waals surface area contributed by atoms with Crippen LogP contribution in [0, 0.1) is 0 Å². The van der Waals surface area contributed by atoms with Gasteiger partial charge >= 0.3 is 0 Å². The van der Waals surface area contributed by atoms with E-state index in [0.717, 1.165) is 0 Å². The third-order valence-corrected chi connectivity index (χ3v) is 2.65. The van der Waals surface area contributed by atoms with E-state index >= 15 is 0 Å². The molecule has 0 aliphatic rings. The fraction of sp³-hybridized carbons (Fsp3) is 0.778. The first-order chi connectivity index (χ1) is 7.43. The van der Waals surface area contributed by atoms with Gasteiger partial charge in [0.15, 0.2) is 0 Å². The maximum Gasteiger partial charge on any atom is 0.237 e. The lowest BCUT2D eigenvalue weighted by Gasteiger charge is -2.24. The largest absolute Gasteiger partial charge is 0.353 e. The van der Waals surface area contributed by atoms with E-state index in [1.165, 1.54) is 4.90 Å². The first-order valence-corrected chi connectivity index (χ1v) is 5.29. The van der Waals surface area contributed by atoms with Crippen LogP contribution in [0.25, 0.3) is 0 Å². The molecule has 0 bridgehead atoms. The monoisotopic (exact) mass is 234 g/mol. The van der Waals surface area contributed by atoms with E-state index < -0.39 is 12.4 Å². The number of carbonyl (C=O) groups excluding carboxylic acids is 2. The normalized spacial score (nSPS) is 15.1. The summed E-state index contributed by atoms with van der Waals surface area (Å²) in [5, 5.41) is 2.69. The zero-order valence-electron chi connectivity index (χ0n) is 10.3. The summed E-state index contributed by atoms with van der Waals surface area (Å²) in [6.07, 6.45) is -0.0640. The molecule has 5 nitrogen and oxygen atoms in total. The third kappa shape index (κ3) is 5.03. The van der Waals surface area contributed by atoms with E-state index in [-0.39, 0.29) is 11.9 Å². The topological polar surface area (TPSA) is 61.4 Å². The average molecular weight is 234 g/mol. The number of amides is 2. The Kier molecular flexibility index (Phi) is 6.18. The van der Waals surface area contributed by atoms with Crippen LogP contribution >= 0.6 is 12.8 Å². The lowest BCUT2D eigenvalue weighted by atomic mass is 10.2. The van der Waals surface area contributed by atoms with E-state index in [1.807, 2.05) is 6.92 Å². The molecule has 2 N–H and O–H groups in total. The van der Waals surface area contributed by atoms with Crippen molar-refractivity contribution in [2.45, 2.75) is 32.4 Å². The van der Waals surface area contributed by atoms with E-state index in [0.29, 0.717) is 13.0 Å². The van der Waals surface area contributed by atoms with Crippen molar-refractivity contribution in [3.8, 4) is 0 Å². The van der Waals surface area contributed by atoms with Crippen molar-refractivity contribution in [1.29, 1.82) is 0 Å². The molecule has 0 spiro atoms.